The van der Waals surface area contributed by atoms with Crippen molar-refractivity contribution in [3.63, 3.8) is 0 Å². The lowest BCUT2D eigenvalue weighted by Gasteiger charge is -2.40. The first kappa shape index (κ1) is 50.4. The molecule has 0 spiro atoms. The van der Waals surface area contributed by atoms with Gasteiger partial charge in [0.15, 0.2) is 12.4 Å². The average Bonchev–Trinajstić information content (AvgIpc) is 3.14. The molecule has 4 N–H and O–H groups in total. The number of ether oxygens (including phenoxy) is 4. The number of carbonyl (C=O) groups is 2. The van der Waals surface area contributed by atoms with E-state index in [0.717, 1.165) is 57.8 Å². The van der Waals surface area contributed by atoms with Crippen molar-refractivity contribution in [2.75, 3.05) is 19.0 Å². The van der Waals surface area contributed by atoms with Crippen molar-refractivity contribution >= 4 is 22.1 Å². The Kier molecular flexibility index (Phi) is 29.7. The molecule has 55 heavy (non-hydrogen) atoms. The minimum Gasteiger partial charge on any atom is -0.462 e. The normalized spacial score (nSPS) is 21.5. The zero-order valence-corrected chi connectivity index (χ0v) is 34.1. The Morgan fingerprint density at radius 2 is 1.18 bits per heavy atom. The third-order valence-electron chi connectivity index (χ3n) is 8.84. The molecule has 0 radical (unpaired) electrons. The van der Waals surface area contributed by atoms with Crippen LogP contribution in [0, 0.1) is 0 Å². The molecule has 1 aliphatic rings. The summed E-state index contributed by atoms with van der Waals surface area (Å²) in [6, 6.07) is 0. The van der Waals surface area contributed by atoms with Crippen LogP contribution in [-0.4, -0.2) is 96.0 Å². The van der Waals surface area contributed by atoms with Gasteiger partial charge in [0.05, 0.1) is 6.61 Å². The lowest BCUT2D eigenvalue weighted by Crippen LogP contribution is -2.60. The lowest BCUT2D eigenvalue weighted by atomic mass is 10.00. The van der Waals surface area contributed by atoms with Gasteiger partial charge < -0.3 is 34.3 Å². The summed E-state index contributed by atoms with van der Waals surface area (Å²) in [6.07, 6.45) is 28.7. The van der Waals surface area contributed by atoms with Crippen molar-refractivity contribution in [3.8, 4) is 0 Å². The topological polar surface area (TPSA) is 186 Å². The van der Waals surface area contributed by atoms with Crippen molar-refractivity contribution in [3.05, 3.63) is 60.8 Å². The molecule has 1 aliphatic heterocycles. The molecule has 0 bridgehead atoms. The number of aliphatic hydroxyl groups is 3. The molecule has 12 nitrogen and oxygen atoms in total. The fourth-order valence-electron chi connectivity index (χ4n) is 5.68. The first-order valence-corrected chi connectivity index (χ1v) is 22.0. The Balaban J connectivity index is 2.56. The highest BCUT2D eigenvalue weighted by atomic mass is 32.2. The maximum absolute atomic E-state index is 12.7. The van der Waals surface area contributed by atoms with Crippen LogP contribution < -0.4 is 0 Å². The van der Waals surface area contributed by atoms with Crippen molar-refractivity contribution < 1.29 is 56.8 Å². The summed E-state index contributed by atoms with van der Waals surface area (Å²) in [4.78, 5) is 25.2. The Labute approximate surface area is 330 Å². The SMILES string of the molecule is CC/C=C\C/C=C\C/C=C\C/C=C\CCC(=O)OC(COC(=O)CCCCCCC/C=C\CCCCCCC)COC1OC(CS(=O)(=O)O)C(O)C(O)C1O. The highest BCUT2D eigenvalue weighted by Gasteiger charge is 2.46. The first-order chi connectivity index (χ1) is 26.5. The van der Waals surface area contributed by atoms with Crippen LogP contribution >= 0.6 is 0 Å². The Morgan fingerprint density at radius 1 is 0.636 bits per heavy atom. The molecule has 1 heterocycles. The maximum atomic E-state index is 12.7. The molecule has 1 fully saturated rings. The molecule has 0 aromatic carbocycles. The van der Waals surface area contributed by atoms with E-state index in [0.29, 0.717) is 19.3 Å². The molecule has 0 aliphatic carbocycles. The number of carbonyl (C=O) groups excluding carboxylic acids is 2. The van der Waals surface area contributed by atoms with E-state index >= 15 is 0 Å². The average molecular weight is 799 g/mol. The van der Waals surface area contributed by atoms with Crippen LogP contribution in [0.5, 0.6) is 0 Å². The van der Waals surface area contributed by atoms with Crippen LogP contribution in [0.1, 0.15) is 136 Å². The summed E-state index contributed by atoms with van der Waals surface area (Å²) in [5.74, 6) is -2.11. The number of unbranched alkanes of at least 4 members (excludes halogenated alkanes) is 10. The van der Waals surface area contributed by atoms with E-state index in [1.54, 1.807) is 0 Å². The predicted octanol–water partition coefficient (Wildman–Crippen LogP) is 7.39. The Morgan fingerprint density at radius 3 is 1.78 bits per heavy atom. The van der Waals surface area contributed by atoms with Crippen LogP contribution in [0.2, 0.25) is 0 Å². The number of hydrogen-bond acceptors (Lipinski definition) is 11. The third kappa shape index (κ3) is 27.6. The van der Waals surface area contributed by atoms with Crippen LogP contribution in [0.15, 0.2) is 60.8 Å². The van der Waals surface area contributed by atoms with Gasteiger partial charge in [-0.15, -0.1) is 0 Å². The number of aliphatic hydroxyl groups excluding tert-OH is 3. The van der Waals surface area contributed by atoms with E-state index in [9.17, 15) is 37.9 Å². The van der Waals surface area contributed by atoms with E-state index in [2.05, 4.69) is 56.4 Å². The summed E-state index contributed by atoms with van der Waals surface area (Å²) in [5, 5.41) is 30.8. The molecule has 0 aromatic heterocycles. The van der Waals surface area contributed by atoms with Crippen LogP contribution in [-0.2, 0) is 38.7 Å². The molecule has 6 unspecified atom stereocenters. The molecule has 0 aromatic rings. The standard InChI is InChI=1S/C42H70O12S/c1-3-5-7-9-11-13-15-17-19-20-22-24-26-28-30-37(43)51-32-35(33-52-42-41(47)40(46)39(45)36(54-42)34-55(48,49)50)53-38(44)31-29-27-25-23-21-18-16-14-12-10-8-6-4-2/h6,8,12,14-15,17-18,21,25,27,35-36,39-42,45-47H,3-5,7,9-11,13,16,19-20,22-24,26,28-34H2,1-2H3,(H,48,49,50)/b8-6-,14-12-,17-15-,21-18-,27-25-. The van der Waals surface area contributed by atoms with Crippen LogP contribution in [0.3, 0.4) is 0 Å². The molecular weight excluding hydrogens is 729 g/mol. The second kappa shape index (κ2) is 32.4. The molecule has 1 saturated heterocycles. The van der Waals surface area contributed by atoms with E-state index in [4.69, 9.17) is 18.9 Å². The maximum Gasteiger partial charge on any atom is 0.306 e. The van der Waals surface area contributed by atoms with Crippen molar-refractivity contribution in [2.45, 2.75) is 173 Å². The van der Waals surface area contributed by atoms with Crippen molar-refractivity contribution in [2.24, 2.45) is 0 Å². The third-order valence-corrected chi connectivity index (χ3v) is 9.59. The fraction of sp³-hybridized carbons (Fsp3) is 0.714. The van der Waals surface area contributed by atoms with E-state index < -0.39 is 71.2 Å². The number of rotatable bonds is 32. The van der Waals surface area contributed by atoms with Gasteiger partial charge in [-0.1, -0.05) is 120 Å². The number of hydrogen-bond donors (Lipinski definition) is 4. The largest absolute Gasteiger partial charge is 0.462 e. The quantitative estimate of drug-likeness (QED) is 0.0229. The second-order valence-electron chi connectivity index (χ2n) is 13.9. The highest BCUT2D eigenvalue weighted by molar-refractivity contribution is 7.85. The minimum absolute atomic E-state index is 0.0391. The van der Waals surface area contributed by atoms with Gasteiger partial charge in [0, 0.05) is 12.8 Å². The predicted molar refractivity (Wildman–Crippen MR) is 215 cm³/mol. The molecule has 0 amide bonds. The molecule has 6 atom stereocenters. The highest BCUT2D eigenvalue weighted by Crippen LogP contribution is 2.24. The molecule has 316 valence electrons. The Bertz CT molecular complexity index is 1260. The van der Waals surface area contributed by atoms with E-state index in [-0.39, 0.29) is 19.4 Å². The minimum atomic E-state index is -4.61. The Hall–Kier alpha value is -2.65. The van der Waals surface area contributed by atoms with Crippen LogP contribution in [0.4, 0.5) is 0 Å². The van der Waals surface area contributed by atoms with Crippen molar-refractivity contribution in [1.82, 2.24) is 0 Å². The zero-order chi connectivity index (χ0) is 40.6. The molecule has 13 heteroatoms. The number of allylic oxidation sites excluding steroid dienone is 10. The fourth-order valence-corrected chi connectivity index (χ4v) is 6.37. The summed E-state index contributed by atoms with van der Waals surface area (Å²) in [5.41, 5.74) is 0. The van der Waals surface area contributed by atoms with Gasteiger partial charge in [0.1, 0.15) is 36.8 Å². The van der Waals surface area contributed by atoms with Gasteiger partial charge >= 0.3 is 11.9 Å². The summed E-state index contributed by atoms with van der Waals surface area (Å²) >= 11 is 0. The first-order valence-electron chi connectivity index (χ1n) is 20.3. The van der Waals surface area contributed by atoms with E-state index in [1.807, 2.05) is 18.2 Å². The van der Waals surface area contributed by atoms with Gasteiger partial charge in [-0.25, -0.2) is 0 Å². The lowest BCUT2D eigenvalue weighted by molar-refractivity contribution is -0.297. The smallest absolute Gasteiger partial charge is 0.306 e. The zero-order valence-electron chi connectivity index (χ0n) is 33.3. The summed E-state index contributed by atoms with van der Waals surface area (Å²) in [6.45, 7) is 3.53. The van der Waals surface area contributed by atoms with Gasteiger partial charge in [0.2, 0.25) is 0 Å². The van der Waals surface area contributed by atoms with Crippen LogP contribution in [0.25, 0.3) is 0 Å². The van der Waals surface area contributed by atoms with Gasteiger partial charge in [-0.2, -0.15) is 8.42 Å². The summed E-state index contributed by atoms with van der Waals surface area (Å²) < 4.78 is 53.8. The monoisotopic (exact) mass is 798 g/mol. The van der Waals surface area contributed by atoms with E-state index in [1.165, 1.54) is 32.1 Å². The summed E-state index contributed by atoms with van der Waals surface area (Å²) in [7, 11) is -4.61. The number of esters is 2. The molecule has 1 rings (SSSR count). The molecule has 0 saturated carbocycles. The second-order valence-corrected chi connectivity index (χ2v) is 15.4. The van der Waals surface area contributed by atoms with Gasteiger partial charge in [-0.3, -0.25) is 14.1 Å². The van der Waals surface area contributed by atoms with Gasteiger partial charge in [0.25, 0.3) is 10.1 Å². The molecular formula is C42H70O12S. The van der Waals surface area contributed by atoms with Crippen molar-refractivity contribution in [1.29, 1.82) is 0 Å². The van der Waals surface area contributed by atoms with Gasteiger partial charge in [-0.05, 0) is 64.2 Å².